The fraction of sp³-hybridized carbons (Fsp3) is 1.00. The minimum absolute atomic E-state index is 0.0709. The topological polar surface area (TPSA) is 81.4 Å². The summed E-state index contributed by atoms with van der Waals surface area (Å²) < 4.78 is 33.0. The predicted octanol–water partition coefficient (Wildman–Crippen LogP) is 0.992. The first-order chi connectivity index (χ1) is 8.97. The first-order valence-electron chi connectivity index (χ1n) is 7.31. The summed E-state index contributed by atoms with van der Waals surface area (Å²) in [5.41, 5.74) is 5.44. The van der Waals surface area contributed by atoms with Gasteiger partial charge in [-0.05, 0) is 31.6 Å². The molecule has 2 rings (SSSR count). The fourth-order valence-electron chi connectivity index (χ4n) is 3.28. The first kappa shape index (κ1) is 15.2. The van der Waals surface area contributed by atoms with E-state index in [-0.39, 0.29) is 11.9 Å². The summed E-state index contributed by atoms with van der Waals surface area (Å²) in [6.07, 6.45) is 5.74. The van der Waals surface area contributed by atoms with Crippen molar-refractivity contribution in [3.05, 3.63) is 0 Å². The van der Waals surface area contributed by atoms with Gasteiger partial charge in [-0.3, -0.25) is 0 Å². The van der Waals surface area contributed by atoms with Crippen molar-refractivity contribution in [2.45, 2.75) is 57.1 Å². The van der Waals surface area contributed by atoms with Gasteiger partial charge in [-0.25, -0.2) is 13.1 Å². The van der Waals surface area contributed by atoms with Crippen molar-refractivity contribution in [2.75, 3.05) is 18.9 Å². The first-order valence-corrected chi connectivity index (χ1v) is 8.96. The molecule has 1 saturated heterocycles. The lowest BCUT2D eigenvalue weighted by molar-refractivity contribution is 0.126. The van der Waals surface area contributed by atoms with Crippen LogP contribution in [0.25, 0.3) is 0 Å². The quantitative estimate of drug-likeness (QED) is 0.791. The largest absolute Gasteiger partial charge is 0.377 e. The number of nitrogens with two attached hydrogens (primary N) is 1. The van der Waals surface area contributed by atoms with E-state index in [9.17, 15) is 8.42 Å². The highest BCUT2D eigenvalue weighted by Crippen LogP contribution is 2.33. The van der Waals surface area contributed by atoms with Crippen LogP contribution in [-0.2, 0) is 14.8 Å². The van der Waals surface area contributed by atoms with Gasteiger partial charge in [0.25, 0.3) is 0 Å². The summed E-state index contributed by atoms with van der Waals surface area (Å²) in [4.78, 5) is 0. The summed E-state index contributed by atoms with van der Waals surface area (Å²) in [5.74, 6) is 0.368. The van der Waals surface area contributed by atoms with Crippen LogP contribution in [0.5, 0.6) is 0 Å². The zero-order chi connectivity index (χ0) is 13.9. The van der Waals surface area contributed by atoms with Crippen molar-refractivity contribution >= 4 is 10.0 Å². The number of rotatable bonds is 5. The standard InChI is InChI=1S/C13H26N2O3S/c1-11-5-2-3-7-13(11,10-14)15-19(16,17)9-12-6-4-8-18-12/h11-12,15H,2-10,14H2,1H3. The Hall–Kier alpha value is -0.170. The van der Waals surface area contributed by atoms with Crippen molar-refractivity contribution < 1.29 is 13.2 Å². The molecule has 6 heteroatoms. The number of sulfonamides is 1. The van der Waals surface area contributed by atoms with Gasteiger partial charge in [-0.1, -0.05) is 19.8 Å². The SMILES string of the molecule is CC1CCCCC1(CN)NS(=O)(=O)CC1CCCO1. The van der Waals surface area contributed by atoms with Gasteiger partial charge in [-0.15, -0.1) is 0 Å². The van der Waals surface area contributed by atoms with E-state index < -0.39 is 15.6 Å². The molecule has 1 heterocycles. The minimum atomic E-state index is -3.32. The summed E-state index contributed by atoms with van der Waals surface area (Å²) in [6.45, 7) is 3.15. The third-order valence-corrected chi connectivity index (χ3v) is 6.13. The van der Waals surface area contributed by atoms with Crippen LogP contribution in [0, 0.1) is 5.92 Å². The fourth-order valence-corrected chi connectivity index (χ4v) is 5.12. The number of ether oxygens (including phenoxy) is 1. The van der Waals surface area contributed by atoms with E-state index in [1.54, 1.807) is 0 Å². The molecular weight excluding hydrogens is 264 g/mol. The second-order valence-corrected chi connectivity index (χ2v) is 7.79. The minimum Gasteiger partial charge on any atom is -0.377 e. The van der Waals surface area contributed by atoms with Crippen molar-refractivity contribution in [3.8, 4) is 0 Å². The zero-order valence-corrected chi connectivity index (χ0v) is 12.5. The van der Waals surface area contributed by atoms with Gasteiger partial charge in [0.2, 0.25) is 10.0 Å². The lowest BCUT2D eigenvalue weighted by atomic mass is 9.74. The molecule has 1 aliphatic carbocycles. The molecule has 0 amide bonds. The lowest BCUT2D eigenvalue weighted by Crippen LogP contribution is -2.59. The van der Waals surface area contributed by atoms with E-state index in [1.165, 1.54) is 0 Å². The van der Waals surface area contributed by atoms with Gasteiger partial charge >= 0.3 is 0 Å². The van der Waals surface area contributed by atoms with E-state index >= 15 is 0 Å². The Bertz CT molecular complexity index is 393. The van der Waals surface area contributed by atoms with Gasteiger partial charge in [0.1, 0.15) is 0 Å². The third-order valence-electron chi connectivity index (χ3n) is 4.61. The maximum Gasteiger partial charge on any atom is 0.214 e. The summed E-state index contributed by atoms with van der Waals surface area (Å²) in [5, 5.41) is 0. The summed E-state index contributed by atoms with van der Waals surface area (Å²) in [6, 6.07) is 0. The summed E-state index contributed by atoms with van der Waals surface area (Å²) in [7, 11) is -3.32. The highest BCUT2D eigenvalue weighted by atomic mass is 32.2. The second-order valence-electron chi connectivity index (χ2n) is 6.03. The number of hydrogen-bond acceptors (Lipinski definition) is 4. The summed E-state index contributed by atoms with van der Waals surface area (Å²) >= 11 is 0. The molecule has 1 aliphatic heterocycles. The van der Waals surface area contributed by atoms with E-state index in [4.69, 9.17) is 10.5 Å². The molecule has 3 N–H and O–H groups in total. The lowest BCUT2D eigenvalue weighted by Gasteiger charge is -2.42. The molecule has 2 aliphatic rings. The molecule has 0 bridgehead atoms. The Morgan fingerprint density at radius 3 is 2.68 bits per heavy atom. The van der Waals surface area contributed by atoms with Crippen LogP contribution < -0.4 is 10.5 Å². The van der Waals surface area contributed by atoms with E-state index in [0.29, 0.717) is 19.1 Å². The average molecular weight is 290 g/mol. The van der Waals surface area contributed by atoms with Crippen LogP contribution >= 0.6 is 0 Å². The molecule has 19 heavy (non-hydrogen) atoms. The van der Waals surface area contributed by atoms with Crippen LogP contribution in [0.1, 0.15) is 45.4 Å². The molecular formula is C13H26N2O3S. The van der Waals surface area contributed by atoms with Crippen LogP contribution in [-0.4, -0.2) is 39.0 Å². The molecule has 3 unspecified atom stereocenters. The average Bonchev–Trinajstić information content (AvgIpc) is 2.84. The molecule has 112 valence electrons. The Morgan fingerprint density at radius 2 is 2.11 bits per heavy atom. The maximum atomic E-state index is 12.3. The van der Waals surface area contributed by atoms with Crippen molar-refractivity contribution in [1.82, 2.24) is 4.72 Å². The molecule has 3 atom stereocenters. The molecule has 1 saturated carbocycles. The Labute approximate surface area is 116 Å². The zero-order valence-electron chi connectivity index (χ0n) is 11.7. The molecule has 5 nitrogen and oxygen atoms in total. The third kappa shape index (κ3) is 3.68. The molecule has 0 spiro atoms. The molecule has 0 aromatic rings. The van der Waals surface area contributed by atoms with Crippen LogP contribution in [0.3, 0.4) is 0 Å². The van der Waals surface area contributed by atoms with Crippen LogP contribution in [0.4, 0.5) is 0 Å². The van der Waals surface area contributed by atoms with Crippen molar-refractivity contribution in [1.29, 1.82) is 0 Å². The highest BCUT2D eigenvalue weighted by molar-refractivity contribution is 7.89. The van der Waals surface area contributed by atoms with Gasteiger partial charge in [0.05, 0.1) is 11.9 Å². The van der Waals surface area contributed by atoms with Crippen LogP contribution in [0.2, 0.25) is 0 Å². The molecule has 0 aromatic carbocycles. The Kier molecular flexibility index (Phi) is 4.87. The predicted molar refractivity (Wildman–Crippen MR) is 75.3 cm³/mol. The smallest absolute Gasteiger partial charge is 0.214 e. The van der Waals surface area contributed by atoms with E-state index in [1.807, 2.05) is 0 Å². The van der Waals surface area contributed by atoms with Gasteiger partial charge in [0.15, 0.2) is 0 Å². The van der Waals surface area contributed by atoms with Gasteiger partial charge < -0.3 is 10.5 Å². The molecule has 2 fully saturated rings. The number of nitrogens with one attached hydrogen (secondary N) is 1. The monoisotopic (exact) mass is 290 g/mol. The maximum absolute atomic E-state index is 12.3. The molecule has 0 aromatic heterocycles. The van der Waals surface area contributed by atoms with Crippen molar-refractivity contribution in [2.24, 2.45) is 11.7 Å². The van der Waals surface area contributed by atoms with Crippen LogP contribution in [0.15, 0.2) is 0 Å². The van der Waals surface area contributed by atoms with E-state index in [2.05, 4.69) is 11.6 Å². The van der Waals surface area contributed by atoms with Crippen molar-refractivity contribution in [3.63, 3.8) is 0 Å². The van der Waals surface area contributed by atoms with Gasteiger partial charge in [-0.2, -0.15) is 0 Å². The van der Waals surface area contributed by atoms with E-state index in [0.717, 1.165) is 38.5 Å². The Balaban J connectivity index is 2.03. The highest BCUT2D eigenvalue weighted by Gasteiger charge is 2.40. The number of hydrogen-bond donors (Lipinski definition) is 2. The van der Waals surface area contributed by atoms with Gasteiger partial charge in [0, 0.05) is 18.7 Å². The molecule has 0 radical (unpaired) electrons. The Morgan fingerprint density at radius 1 is 1.32 bits per heavy atom. The second kappa shape index (κ2) is 6.08. The normalized spacial score (nSPS) is 36.5.